The fourth-order valence-corrected chi connectivity index (χ4v) is 2.39. The number of H-pyrrole nitrogens is 1. The zero-order valence-corrected chi connectivity index (χ0v) is 8.22. The summed E-state index contributed by atoms with van der Waals surface area (Å²) in [5.41, 5.74) is 8.75. The van der Waals surface area contributed by atoms with Crippen LogP contribution in [0.4, 0.5) is 0 Å². The van der Waals surface area contributed by atoms with E-state index >= 15 is 0 Å². The molecule has 1 aromatic heterocycles. The minimum atomic E-state index is 0.620. The van der Waals surface area contributed by atoms with Crippen LogP contribution >= 0.6 is 0 Å². The van der Waals surface area contributed by atoms with Crippen LogP contribution in [0.25, 0.3) is 0 Å². The minimum absolute atomic E-state index is 0.620. The molecule has 1 aromatic rings. The summed E-state index contributed by atoms with van der Waals surface area (Å²) < 4.78 is 0. The van der Waals surface area contributed by atoms with Crippen molar-refractivity contribution in [3.63, 3.8) is 0 Å². The molecule has 2 heteroatoms. The highest BCUT2D eigenvalue weighted by atomic mass is 14.7. The summed E-state index contributed by atoms with van der Waals surface area (Å²) in [6.45, 7) is 3.06. The predicted octanol–water partition coefficient (Wildman–Crippen LogP) is 2.03. The van der Waals surface area contributed by atoms with Crippen molar-refractivity contribution in [2.75, 3.05) is 6.54 Å². The Hall–Kier alpha value is -0.760. The maximum atomic E-state index is 5.72. The van der Waals surface area contributed by atoms with Gasteiger partial charge >= 0.3 is 0 Å². The number of nitrogens with two attached hydrogens (primary N) is 1. The van der Waals surface area contributed by atoms with Gasteiger partial charge in [-0.25, -0.2) is 0 Å². The number of hydrogen-bond donors (Lipinski definition) is 2. The molecule has 13 heavy (non-hydrogen) atoms. The number of hydrogen-bond acceptors (Lipinski definition) is 1. The number of fused-ring (bicyclic) bond motifs is 1. The average molecular weight is 178 g/mol. The van der Waals surface area contributed by atoms with Crippen LogP contribution in [0.15, 0.2) is 12.4 Å². The third-order valence-electron chi connectivity index (χ3n) is 3.29. The lowest BCUT2D eigenvalue weighted by Gasteiger charge is -2.27. The van der Waals surface area contributed by atoms with Crippen molar-refractivity contribution in [1.29, 1.82) is 0 Å². The largest absolute Gasteiger partial charge is 0.367 e. The Morgan fingerprint density at radius 2 is 2.46 bits per heavy atom. The van der Waals surface area contributed by atoms with Crippen LogP contribution in [0.3, 0.4) is 0 Å². The Morgan fingerprint density at radius 3 is 3.23 bits per heavy atom. The Bertz CT molecular complexity index is 277. The Kier molecular flexibility index (Phi) is 2.40. The Balaban J connectivity index is 2.24. The van der Waals surface area contributed by atoms with E-state index in [9.17, 15) is 0 Å². The molecule has 0 amide bonds. The molecule has 2 unspecified atom stereocenters. The van der Waals surface area contributed by atoms with E-state index in [1.807, 2.05) is 0 Å². The van der Waals surface area contributed by atoms with E-state index in [4.69, 9.17) is 5.73 Å². The molecule has 0 saturated heterocycles. The first kappa shape index (κ1) is 8.82. The molecule has 1 aliphatic carbocycles. The Labute approximate surface area is 79.5 Å². The van der Waals surface area contributed by atoms with Gasteiger partial charge in [0.15, 0.2) is 0 Å². The van der Waals surface area contributed by atoms with E-state index in [-0.39, 0.29) is 0 Å². The number of aromatic amines is 1. The van der Waals surface area contributed by atoms with Crippen LogP contribution in [-0.4, -0.2) is 11.5 Å². The van der Waals surface area contributed by atoms with Gasteiger partial charge in [0, 0.05) is 12.4 Å². The SMILES string of the molecule is CC(CN)C1CCCc2c[nH]cc21. The smallest absolute Gasteiger partial charge is 0.00431 e. The minimum Gasteiger partial charge on any atom is -0.367 e. The fourth-order valence-electron chi connectivity index (χ4n) is 2.39. The first-order valence-electron chi connectivity index (χ1n) is 5.18. The van der Waals surface area contributed by atoms with Crippen LogP contribution in [0.5, 0.6) is 0 Å². The van der Waals surface area contributed by atoms with Gasteiger partial charge in [-0.2, -0.15) is 0 Å². The van der Waals surface area contributed by atoms with Gasteiger partial charge in [0.1, 0.15) is 0 Å². The van der Waals surface area contributed by atoms with E-state index in [0.29, 0.717) is 11.8 Å². The number of aromatic nitrogens is 1. The maximum absolute atomic E-state index is 5.72. The van der Waals surface area contributed by atoms with Crippen molar-refractivity contribution in [1.82, 2.24) is 4.98 Å². The van der Waals surface area contributed by atoms with Crippen molar-refractivity contribution in [3.8, 4) is 0 Å². The van der Waals surface area contributed by atoms with Crippen LogP contribution in [0.1, 0.15) is 36.8 Å². The van der Waals surface area contributed by atoms with Crippen molar-refractivity contribution >= 4 is 0 Å². The van der Waals surface area contributed by atoms with Gasteiger partial charge in [-0.1, -0.05) is 6.92 Å². The van der Waals surface area contributed by atoms with Crippen LogP contribution < -0.4 is 5.73 Å². The summed E-state index contributed by atoms with van der Waals surface area (Å²) >= 11 is 0. The molecule has 0 aromatic carbocycles. The summed E-state index contributed by atoms with van der Waals surface area (Å²) in [4.78, 5) is 3.21. The molecular weight excluding hydrogens is 160 g/mol. The molecule has 2 nitrogen and oxygen atoms in total. The molecule has 0 bridgehead atoms. The first-order valence-corrected chi connectivity index (χ1v) is 5.18. The lowest BCUT2D eigenvalue weighted by atomic mass is 9.78. The number of nitrogens with one attached hydrogen (secondary N) is 1. The van der Waals surface area contributed by atoms with Crippen molar-refractivity contribution in [2.24, 2.45) is 11.7 Å². The highest BCUT2D eigenvalue weighted by Gasteiger charge is 2.24. The second-order valence-electron chi connectivity index (χ2n) is 4.15. The van der Waals surface area contributed by atoms with Crippen LogP contribution in [-0.2, 0) is 6.42 Å². The highest BCUT2D eigenvalue weighted by molar-refractivity contribution is 5.30. The van der Waals surface area contributed by atoms with E-state index in [2.05, 4.69) is 24.3 Å². The van der Waals surface area contributed by atoms with Crippen molar-refractivity contribution in [2.45, 2.75) is 32.1 Å². The quantitative estimate of drug-likeness (QED) is 0.715. The maximum Gasteiger partial charge on any atom is 0.00431 e. The zero-order valence-electron chi connectivity index (χ0n) is 8.22. The van der Waals surface area contributed by atoms with Crippen LogP contribution in [0, 0.1) is 5.92 Å². The van der Waals surface area contributed by atoms with Gasteiger partial charge in [-0.15, -0.1) is 0 Å². The summed E-state index contributed by atoms with van der Waals surface area (Å²) in [7, 11) is 0. The lowest BCUT2D eigenvalue weighted by molar-refractivity contribution is 0.414. The topological polar surface area (TPSA) is 41.8 Å². The van der Waals surface area contributed by atoms with E-state index in [1.54, 1.807) is 0 Å². The number of aryl methyl sites for hydroxylation is 1. The van der Waals surface area contributed by atoms with E-state index in [1.165, 1.54) is 30.4 Å². The second kappa shape index (κ2) is 3.54. The molecule has 3 N–H and O–H groups in total. The second-order valence-corrected chi connectivity index (χ2v) is 4.15. The van der Waals surface area contributed by atoms with Gasteiger partial charge in [0.2, 0.25) is 0 Å². The first-order chi connectivity index (χ1) is 6.33. The summed E-state index contributed by atoms with van der Waals surface area (Å²) in [6, 6.07) is 0. The average Bonchev–Trinajstić information content (AvgIpc) is 2.63. The van der Waals surface area contributed by atoms with Gasteiger partial charge in [-0.3, -0.25) is 0 Å². The molecule has 0 saturated carbocycles. The zero-order chi connectivity index (χ0) is 9.26. The van der Waals surface area contributed by atoms with Gasteiger partial charge in [0.05, 0.1) is 0 Å². The van der Waals surface area contributed by atoms with Crippen molar-refractivity contribution in [3.05, 3.63) is 23.5 Å². The molecule has 2 rings (SSSR count). The molecule has 72 valence electrons. The van der Waals surface area contributed by atoms with Gasteiger partial charge in [-0.05, 0) is 48.8 Å². The van der Waals surface area contributed by atoms with Gasteiger partial charge in [0.25, 0.3) is 0 Å². The third-order valence-corrected chi connectivity index (χ3v) is 3.29. The summed E-state index contributed by atoms with van der Waals surface area (Å²) in [5, 5.41) is 0. The molecule has 0 spiro atoms. The number of rotatable bonds is 2. The summed E-state index contributed by atoms with van der Waals surface area (Å²) in [5.74, 6) is 1.31. The highest BCUT2D eigenvalue weighted by Crippen LogP contribution is 2.36. The Morgan fingerprint density at radius 1 is 1.62 bits per heavy atom. The molecule has 0 aliphatic heterocycles. The molecule has 2 atom stereocenters. The van der Waals surface area contributed by atoms with Crippen LogP contribution in [0.2, 0.25) is 0 Å². The van der Waals surface area contributed by atoms with E-state index in [0.717, 1.165) is 6.54 Å². The standard InChI is InChI=1S/C11H18N2/c1-8(5-12)10-4-2-3-9-6-13-7-11(9)10/h6-8,10,13H,2-5,12H2,1H3. The lowest BCUT2D eigenvalue weighted by Crippen LogP contribution is -2.21. The van der Waals surface area contributed by atoms with E-state index < -0.39 is 0 Å². The fraction of sp³-hybridized carbons (Fsp3) is 0.636. The molecule has 0 radical (unpaired) electrons. The molecule has 1 heterocycles. The normalized spacial score (nSPS) is 24.0. The van der Waals surface area contributed by atoms with Crippen molar-refractivity contribution < 1.29 is 0 Å². The van der Waals surface area contributed by atoms with Gasteiger partial charge < -0.3 is 10.7 Å². The molecule has 1 aliphatic rings. The molecular formula is C11H18N2. The predicted molar refractivity (Wildman–Crippen MR) is 54.7 cm³/mol. The summed E-state index contributed by atoms with van der Waals surface area (Å²) in [6.07, 6.45) is 8.17. The monoisotopic (exact) mass is 178 g/mol. The molecule has 0 fully saturated rings. The third kappa shape index (κ3) is 1.51.